The summed E-state index contributed by atoms with van der Waals surface area (Å²) in [5.74, 6) is 0. The quantitative estimate of drug-likeness (QED) is 0.811. The zero-order valence-corrected chi connectivity index (χ0v) is 8.36. The van der Waals surface area contributed by atoms with E-state index in [1.54, 1.807) is 24.3 Å². The van der Waals surface area contributed by atoms with Gasteiger partial charge < -0.3 is 10.6 Å². The minimum atomic E-state index is -4.18. The lowest BCUT2D eigenvalue weighted by Gasteiger charge is -2.10. The molecule has 2 N–H and O–H groups in total. The van der Waals surface area contributed by atoms with Gasteiger partial charge in [-0.3, -0.25) is 0 Å². The summed E-state index contributed by atoms with van der Waals surface area (Å²) < 4.78 is 35.6. The molecule has 0 amide bonds. The Labute approximate surface area is 86.5 Å². The van der Waals surface area contributed by atoms with Crippen molar-refractivity contribution < 1.29 is 13.2 Å². The van der Waals surface area contributed by atoms with Gasteiger partial charge in [-0.1, -0.05) is 0 Å². The van der Waals surface area contributed by atoms with E-state index in [-0.39, 0.29) is 0 Å². The number of nitrogens with one attached hydrogen (secondary N) is 2. The van der Waals surface area contributed by atoms with E-state index in [1.807, 2.05) is 6.92 Å². The molecule has 0 aliphatic heterocycles. The normalized spacial score (nSPS) is 11.2. The molecular formula is C10H13F3N2. The lowest BCUT2D eigenvalue weighted by atomic mass is 10.3. The molecule has 0 bridgehead atoms. The number of hydrogen-bond acceptors (Lipinski definition) is 2. The van der Waals surface area contributed by atoms with Crippen LogP contribution in [0, 0.1) is 0 Å². The number of halogens is 3. The number of hydrogen-bond donors (Lipinski definition) is 2. The first kappa shape index (κ1) is 11.7. The van der Waals surface area contributed by atoms with Crippen molar-refractivity contribution in [3.63, 3.8) is 0 Å². The first-order valence-corrected chi connectivity index (χ1v) is 4.66. The molecule has 0 radical (unpaired) electrons. The summed E-state index contributed by atoms with van der Waals surface area (Å²) in [5.41, 5.74) is 1.36. The van der Waals surface area contributed by atoms with E-state index in [2.05, 4.69) is 10.6 Å². The van der Waals surface area contributed by atoms with Gasteiger partial charge in [0.2, 0.25) is 0 Å². The molecule has 0 saturated heterocycles. The molecule has 1 aromatic rings. The predicted molar refractivity (Wildman–Crippen MR) is 55.2 cm³/mol. The van der Waals surface area contributed by atoms with Crippen molar-refractivity contribution in [2.24, 2.45) is 0 Å². The molecule has 0 unspecified atom stereocenters. The Balaban J connectivity index is 2.50. The van der Waals surface area contributed by atoms with Crippen molar-refractivity contribution in [3.05, 3.63) is 24.3 Å². The summed E-state index contributed by atoms with van der Waals surface area (Å²) in [7, 11) is 0. The van der Waals surface area contributed by atoms with Gasteiger partial charge in [0, 0.05) is 17.9 Å². The molecule has 15 heavy (non-hydrogen) atoms. The fraction of sp³-hybridized carbons (Fsp3) is 0.400. The van der Waals surface area contributed by atoms with Crippen LogP contribution in [0.15, 0.2) is 24.3 Å². The van der Waals surface area contributed by atoms with Crippen LogP contribution in [-0.2, 0) is 0 Å². The Kier molecular flexibility index (Phi) is 3.82. The molecule has 0 aromatic heterocycles. The van der Waals surface area contributed by atoms with Crippen LogP contribution in [-0.4, -0.2) is 19.3 Å². The number of benzene rings is 1. The van der Waals surface area contributed by atoms with Gasteiger partial charge in [-0.2, -0.15) is 13.2 Å². The SMILES string of the molecule is CCNc1ccc(NCC(F)(F)F)cc1. The van der Waals surface area contributed by atoms with Crippen LogP contribution in [0.2, 0.25) is 0 Å². The van der Waals surface area contributed by atoms with Gasteiger partial charge in [0.15, 0.2) is 0 Å². The fourth-order valence-corrected chi connectivity index (χ4v) is 1.11. The zero-order chi connectivity index (χ0) is 11.3. The molecule has 1 aromatic carbocycles. The Hall–Kier alpha value is -1.39. The molecule has 0 aliphatic rings. The molecule has 0 aliphatic carbocycles. The van der Waals surface area contributed by atoms with Crippen molar-refractivity contribution in [2.45, 2.75) is 13.1 Å². The van der Waals surface area contributed by atoms with Crippen molar-refractivity contribution in [2.75, 3.05) is 23.7 Å². The summed E-state index contributed by atoms with van der Waals surface area (Å²) in [4.78, 5) is 0. The highest BCUT2D eigenvalue weighted by molar-refractivity contribution is 5.53. The van der Waals surface area contributed by atoms with E-state index in [0.29, 0.717) is 5.69 Å². The largest absolute Gasteiger partial charge is 0.405 e. The Bertz CT molecular complexity index is 293. The highest BCUT2D eigenvalue weighted by Gasteiger charge is 2.26. The number of alkyl halides is 3. The van der Waals surface area contributed by atoms with Crippen molar-refractivity contribution in [1.82, 2.24) is 0 Å². The Morgan fingerprint density at radius 2 is 1.47 bits per heavy atom. The minimum Gasteiger partial charge on any atom is -0.385 e. The second-order valence-corrected chi connectivity index (χ2v) is 3.08. The summed E-state index contributed by atoms with van der Waals surface area (Å²) in [6.45, 7) is 1.73. The zero-order valence-electron chi connectivity index (χ0n) is 8.36. The van der Waals surface area contributed by atoms with E-state index in [4.69, 9.17) is 0 Å². The second kappa shape index (κ2) is 4.91. The average molecular weight is 218 g/mol. The van der Waals surface area contributed by atoms with Crippen molar-refractivity contribution in [1.29, 1.82) is 0 Å². The van der Waals surface area contributed by atoms with Gasteiger partial charge in [0.25, 0.3) is 0 Å². The Morgan fingerprint density at radius 3 is 1.87 bits per heavy atom. The maximum atomic E-state index is 11.9. The van der Waals surface area contributed by atoms with Gasteiger partial charge in [-0.25, -0.2) is 0 Å². The van der Waals surface area contributed by atoms with Crippen molar-refractivity contribution >= 4 is 11.4 Å². The van der Waals surface area contributed by atoms with Gasteiger partial charge >= 0.3 is 6.18 Å². The average Bonchev–Trinajstić information content (AvgIpc) is 2.16. The minimum absolute atomic E-state index is 0.467. The third kappa shape index (κ3) is 4.58. The summed E-state index contributed by atoms with van der Waals surface area (Å²) in [5, 5.41) is 5.36. The molecule has 5 heteroatoms. The van der Waals surface area contributed by atoms with Crippen LogP contribution < -0.4 is 10.6 Å². The molecule has 1 rings (SSSR count). The van der Waals surface area contributed by atoms with Crippen LogP contribution in [0.3, 0.4) is 0 Å². The molecule has 0 heterocycles. The lowest BCUT2D eigenvalue weighted by Crippen LogP contribution is -2.21. The highest BCUT2D eigenvalue weighted by atomic mass is 19.4. The monoisotopic (exact) mass is 218 g/mol. The van der Waals surface area contributed by atoms with E-state index in [9.17, 15) is 13.2 Å². The van der Waals surface area contributed by atoms with Gasteiger partial charge in [-0.15, -0.1) is 0 Å². The Morgan fingerprint density at radius 1 is 1.00 bits per heavy atom. The maximum absolute atomic E-state index is 11.9. The van der Waals surface area contributed by atoms with Gasteiger partial charge in [0.1, 0.15) is 6.54 Å². The predicted octanol–water partition coefficient (Wildman–Crippen LogP) is 3.09. The first-order chi connectivity index (χ1) is 7.01. The van der Waals surface area contributed by atoms with Crippen LogP contribution in [0.25, 0.3) is 0 Å². The molecule has 2 nitrogen and oxygen atoms in total. The maximum Gasteiger partial charge on any atom is 0.405 e. The lowest BCUT2D eigenvalue weighted by molar-refractivity contribution is -0.115. The van der Waals surface area contributed by atoms with Crippen LogP contribution >= 0.6 is 0 Å². The van der Waals surface area contributed by atoms with E-state index >= 15 is 0 Å². The topological polar surface area (TPSA) is 24.1 Å². The summed E-state index contributed by atoms with van der Waals surface area (Å²) in [6.07, 6.45) is -4.18. The first-order valence-electron chi connectivity index (χ1n) is 4.66. The molecule has 0 saturated carbocycles. The number of anilines is 2. The van der Waals surface area contributed by atoms with Gasteiger partial charge in [0.05, 0.1) is 0 Å². The molecule has 0 fully saturated rings. The summed E-state index contributed by atoms with van der Waals surface area (Å²) in [6, 6.07) is 6.71. The standard InChI is InChI=1S/C10H13F3N2/c1-2-14-8-3-5-9(6-4-8)15-7-10(11,12)13/h3-6,14-15H,2,7H2,1H3. The number of rotatable bonds is 4. The molecule has 84 valence electrons. The van der Waals surface area contributed by atoms with Crippen LogP contribution in [0.1, 0.15) is 6.92 Å². The fourth-order valence-electron chi connectivity index (χ4n) is 1.11. The van der Waals surface area contributed by atoms with Crippen LogP contribution in [0.4, 0.5) is 24.5 Å². The van der Waals surface area contributed by atoms with Crippen LogP contribution in [0.5, 0.6) is 0 Å². The van der Waals surface area contributed by atoms with E-state index in [0.717, 1.165) is 12.2 Å². The third-order valence-electron chi connectivity index (χ3n) is 1.76. The molecule has 0 spiro atoms. The molecular weight excluding hydrogens is 205 g/mol. The third-order valence-corrected chi connectivity index (χ3v) is 1.76. The smallest absolute Gasteiger partial charge is 0.385 e. The summed E-state index contributed by atoms with van der Waals surface area (Å²) >= 11 is 0. The van der Waals surface area contributed by atoms with E-state index in [1.165, 1.54) is 0 Å². The van der Waals surface area contributed by atoms with Crippen molar-refractivity contribution in [3.8, 4) is 0 Å². The molecule has 0 atom stereocenters. The second-order valence-electron chi connectivity index (χ2n) is 3.08. The van der Waals surface area contributed by atoms with E-state index < -0.39 is 12.7 Å². The highest BCUT2D eigenvalue weighted by Crippen LogP contribution is 2.18. The van der Waals surface area contributed by atoms with Gasteiger partial charge in [-0.05, 0) is 31.2 Å².